The zero-order valence-corrected chi connectivity index (χ0v) is 10.2. The van der Waals surface area contributed by atoms with Crippen molar-refractivity contribution in [3.63, 3.8) is 0 Å². The molecule has 1 aromatic rings. The molecule has 0 N–H and O–H groups in total. The fourth-order valence-electron chi connectivity index (χ4n) is 1.04. The van der Waals surface area contributed by atoms with Gasteiger partial charge in [-0.3, -0.25) is 4.18 Å². The molecular formula is C11H14O4S. The van der Waals surface area contributed by atoms with E-state index < -0.39 is 23.2 Å². The van der Waals surface area contributed by atoms with E-state index in [1.807, 2.05) is 19.1 Å². The van der Waals surface area contributed by atoms with Crippen LogP contribution in [0.5, 0.6) is 0 Å². The molecule has 0 saturated heterocycles. The van der Waals surface area contributed by atoms with E-state index >= 15 is 0 Å². The normalized spacial score (nSPS) is 14.2. The molecule has 0 fully saturated rings. The SMILES string of the molecule is COC(=O)[C@@H](C)OS(=O)c1ccc(C)cc1. The smallest absolute Gasteiger partial charge is 0.336 e. The van der Waals surface area contributed by atoms with Gasteiger partial charge in [-0.25, -0.2) is 9.00 Å². The maximum absolute atomic E-state index is 11.7. The lowest BCUT2D eigenvalue weighted by Gasteiger charge is -2.09. The Balaban J connectivity index is 2.65. The molecule has 2 atom stereocenters. The first kappa shape index (κ1) is 12.9. The number of rotatable bonds is 4. The first-order chi connectivity index (χ1) is 7.54. The van der Waals surface area contributed by atoms with Gasteiger partial charge in [-0.15, -0.1) is 0 Å². The molecular weight excluding hydrogens is 228 g/mol. The molecule has 0 aliphatic rings. The van der Waals surface area contributed by atoms with Crippen molar-refractivity contribution in [2.24, 2.45) is 0 Å². The van der Waals surface area contributed by atoms with Crippen LogP contribution in [0.4, 0.5) is 0 Å². The van der Waals surface area contributed by atoms with Gasteiger partial charge in [-0.2, -0.15) is 0 Å². The van der Waals surface area contributed by atoms with E-state index in [0.717, 1.165) is 5.56 Å². The maximum Gasteiger partial charge on any atom is 0.336 e. The number of aryl methyl sites for hydroxylation is 1. The van der Waals surface area contributed by atoms with Crippen LogP contribution in [0.25, 0.3) is 0 Å². The first-order valence-corrected chi connectivity index (χ1v) is 5.85. The second kappa shape index (κ2) is 5.77. The van der Waals surface area contributed by atoms with Gasteiger partial charge in [-0.05, 0) is 26.0 Å². The Bertz CT molecular complexity index is 385. The predicted molar refractivity (Wildman–Crippen MR) is 60.2 cm³/mol. The van der Waals surface area contributed by atoms with Gasteiger partial charge < -0.3 is 4.74 Å². The molecule has 4 nitrogen and oxygen atoms in total. The first-order valence-electron chi connectivity index (χ1n) is 4.78. The number of methoxy groups -OCH3 is 1. The third-order valence-electron chi connectivity index (χ3n) is 1.98. The lowest BCUT2D eigenvalue weighted by Crippen LogP contribution is -2.23. The minimum Gasteiger partial charge on any atom is -0.467 e. The van der Waals surface area contributed by atoms with Crippen molar-refractivity contribution in [2.75, 3.05) is 7.11 Å². The quantitative estimate of drug-likeness (QED) is 0.752. The van der Waals surface area contributed by atoms with Crippen molar-refractivity contribution in [1.82, 2.24) is 0 Å². The van der Waals surface area contributed by atoms with Crippen LogP contribution in [-0.4, -0.2) is 23.4 Å². The summed E-state index contributed by atoms with van der Waals surface area (Å²) in [5.41, 5.74) is 1.07. The average molecular weight is 242 g/mol. The summed E-state index contributed by atoms with van der Waals surface area (Å²) in [7, 11) is 1.26. The van der Waals surface area contributed by atoms with Gasteiger partial charge >= 0.3 is 5.97 Å². The Hall–Kier alpha value is -1.20. The topological polar surface area (TPSA) is 52.6 Å². The minimum atomic E-state index is -1.64. The molecule has 0 amide bonds. The average Bonchev–Trinajstić information content (AvgIpc) is 2.28. The lowest BCUT2D eigenvalue weighted by molar-refractivity contribution is -0.147. The third-order valence-corrected chi connectivity index (χ3v) is 3.10. The highest BCUT2D eigenvalue weighted by Crippen LogP contribution is 2.11. The molecule has 0 spiro atoms. The summed E-state index contributed by atoms with van der Waals surface area (Å²) in [6.07, 6.45) is -0.841. The number of carbonyl (C=O) groups excluding carboxylic acids is 1. The van der Waals surface area contributed by atoms with Gasteiger partial charge in [0.25, 0.3) is 0 Å². The van der Waals surface area contributed by atoms with Crippen LogP contribution >= 0.6 is 0 Å². The Morgan fingerprint density at radius 3 is 2.38 bits per heavy atom. The summed E-state index contributed by atoms with van der Waals surface area (Å²) < 4.78 is 21.2. The van der Waals surface area contributed by atoms with Crippen LogP contribution in [0.15, 0.2) is 29.2 Å². The van der Waals surface area contributed by atoms with Crippen molar-refractivity contribution in [2.45, 2.75) is 24.8 Å². The van der Waals surface area contributed by atoms with E-state index in [1.54, 1.807) is 12.1 Å². The molecule has 0 bridgehead atoms. The fourth-order valence-corrected chi connectivity index (χ4v) is 1.85. The molecule has 0 aliphatic carbocycles. The molecule has 0 heterocycles. The van der Waals surface area contributed by atoms with E-state index in [0.29, 0.717) is 4.90 Å². The van der Waals surface area contributed by atoms with Gasteiger partial charge in [0, 0.05) is 0 Å². The van der Waals surface area contributed by atoms with Gasteiger partial charge in [0.15, 0.2) is 17.2 Å². The third kappa shape index (κ3) is 3.43. The van der Waals surface area contributed by atoms with Crippen LogP contribution in [0.3, 0.4) is 0 Å². The summed E-state index contributed by atoms with van der Waals surface area (Å²) in [6, 6.07) is 7.07. The Morgan fingerprint density at radius 1 is 1.31 bits per heavy atom. The second-order valence-electron chi connectivity index (χ2n) is 3.31. The summed E-state index contributed by atoms with van der Waals surface area (Å²) in [6.45, 7) is 3.43. The van der Waals surface area contributed by atoms with Crippen LogP contribution in [0.1, 0.15) is 12.5 Å². The van der Waals surface area contributed by atoms with E-state index in [4.69, 9.17) is 4.18 Å². The molecule has 0 radical (unpaired) electrons. The van der Waals surface area contributed by atoms with Gasteiger partial charge in [0.05, 0.1) is 12.0 Å². The number of ether oxygens (including phenoxy) is 1. The summed E-state index contributed by atoms with van der Waals surface area (Å²) >= 11 is -1.64. The van der Waals surface area contributed by atoms with Crippen molar-refractivity contribution < 1.29 is 17.9 Å². The van der Waals surface area contributed by atoms with Crippen molar-refractivity contribution >= 4 is 17.0 Å². The molecule has 88 valence electrons. The van der Waals surface area contributed by atoms with Crippen LogP contribution in [0, 0.1) is 6.92 Å². The van der Waals surface area contributed by atoms with E-state index in [1.165, 1.54) is 14.0 Å². The maximum atomic E-state index is 11.7. The second-order valence-corrected chi connectivity index (χ2v) is 4.44. The van der Waals surface area contributed by atoms with Crippen LogP contribution < -0.4 is 0 Å². The number of hydrogen-bond acceptors (Lipinski definition) is 4. The monoisotopic (exact) mass is 242 g/mol. The van der Waals surface area contributed by atoms with E-state index in [-0.39, 0.29) is 0 Å². The molecule has 0 aromatic heterocycles. The van der Waals surface area contributed by atoms with Crippen molar-refractivity contribution in [3.05, 3.63) is 29.8 Å². The largest absolute Gasteiger partial charge is 0.467 e. The number of carbonyl (C=O) groups is 1. The summed E-state index contributed by atoms with van der Waals surface area (Å²) in [5, 5.41) is 0. The molecule has 5 heteroatoms. The zero-order chi connectivity index (χ0) is 12.1. The standard InChI is InChI=1S/C11H14O4S/c1-8-4-6-10(7-5-8)16(13)15-9(2)11(12)14-3/h4-7,9H,1-3H3/t9-,16?/m1/s1. The predicted octanol–water partition coefficient (Wildman–Crippen LogP) is 1.60. The fraction of sp³-hybridized carbons (Fsp3) is 0.364. The minimum absolute atomic E-state index is 0.529. The highest BCUT2D eigenvalue weighted by Gasteiger charge is 2.18. The van der Waals surface area contributed by atoms with Crippen molar-refractivity contribution in [1.29, 1.82) is 0 Å². The molecule has 16 heavy (non-hydrogen) atoms. The van der Waals surface area contributed by atoms with Gasteiger partial charge in [0.1, 0.15) is 0 Å². The van der Waals surface area contributed by atoms with Crippen molar-refractivity contribution in [3.8, 4) is 0 Å². The molecule has 0 saturated carbocycles. The number of hydrogen-bond donors (Lipinski definition) is 0. The lowest BCUT2D eigenvalue weighted by atomic mass is 10.2. The highest BCUT2D eigenvalue weighted by molar-refractivity contribution is 7.80. The Morgan fingerprint density at radius 2 is 1.88 bits per heavy atom. The van der Waals surface area contributed by atoms with Gasteiger partial charge in [-0.1, -0.05) is 17.7 Å². The van der Waals surface area contributed by atoms with Crippen LogP contribution in [0.2, 0.25) is 0 Å². The Labute approximate surface area is 97.2 Å². The highest BCUT2D eigenvalue weighted by atomic mass is 32.2. The number of benzene rings is 1. The number of esters is 1. The summed E-state index contributed by atoms with van der Waals surface area (Å²) in [5.74, 6) is -0.541. The van der Waals surface area contributed by atoms with Crippen LogP contribution in [-0.2, 0) is 24.8 Å². The van der Waals surface area contributed by atoms with E-state index in [2.05, 4.69) is 4.74 Å². The zero-order valence-electron chi connectivity index (χ0n) is 9.43. The van der Waals surface area contributed by atoms with E-state index in [9.17, 15) is 9.00 Å². The van der Waals surface area contributed by atoms with Gasteiger partial charge in [0.2, 0.25) is 0 Å². The molecule has 1 aromatic carbocycles. The molecule has 1 unspecified atom stereocenters. The molecule has 1 rings (SSSR count). The Kier molecular flexibility index (Phi) is 4.64. The molecule has 0 aliphatic heterocycles. The summed E-state index contributed by atoms with van der Waals surface area (Å²) in [4.78, 5) is 11.6.